The maximum absolute atomic E-state index is 12.7. The number of aromatic amines is 2. The Morgan fingerprint density at radius 2 is 1.16 bits per heavy atom. The summed E-state index contributed by atoms with van der Waals surface area (Å²) in [7, 11) is 2.22. The van der Waals surface area contributed by atoms with Crippen molar-refractivity contribution in [2.24, 2.45) is 5.92 Å². The molecule has 45 heavy (non-hydrogen) atoms. The van der Waals surface area contributed by atoms with E-state index >= 15 is 0 Å². The van der Waals surface area contributed by atoms with Gasteiger partial charge >= 0.3 is 0 Å². The second kappa shape index (κ2) is 11.4. The Bertz CT molecular complexity index is 1730. The lowest BCUT2D eigenvalue weighted by Crippen LogP contribution is -2.64. The summed E-state index contributed by atoms with van der Waals surface area (Å²) in [5.41, 5.74) is 3.49. The maximum atomic E-state index is 12.7. The first-order chi connectivity index (χ1) is 21.9. The molecule has 234 valence electrons. The molecule has 10 rings (SSSR count). The number of ketones is 1. The Morgan fingerprint density at radius 1 is 0.689 bits per heavy atom. The fourth-order valence-corrected chi connectivity index (χ4v) is 9.06. The molecule has 0 aliphatic carbocycles. The van der Waals surface area contributed by atoms with Crippen molar-refractivity contribution in [3.8, 4) is 0 Å². The lowest BCUT2D eigenvalue weighted by atomic mass is 9.71. The van der Waals surface area contributed by atoms with Crippen LogP contribution in [0, 0.1) is 5.92 Å². The van der Waals surface area contributed by atoms with E-state index in [1.807, 2.05) is 54.7 Å². The molecule has 9 heteroatoms. The third-order valence-electron chi connectivity index (χ3n) is 11.4. The Hall–Kier alpha value is -3.95. The van der Waals surface area contributed by atoms with Gasteiger partial charge in [0.2, 0.25) is 0 Å². The molecular weight excluding hydrogens is 564 g/mol. The number of H-pyrrole nitrogens is 2. The molecule has 6 unspecified atom stereocenters. The molecule has 2 amide bonds. The quantitative estimate of drug-likeness (QED) is 0.271. The molecule has 6 aliphatic rings. The zero-order valence-corrected chi connectivity index (χ0v) is 25.8. The van der Waals surface area contributed by atoms with E-state index in [-0.39, 0.29) is 23.8 Å². The monoisotopic (exact) mass is 606 g/mol. The standard InChI is InChI=1S/C19H21N3O2.C17H21N3O/c23-18-10-22-13-5-11(18)6-14(22)8-12(7-13)21-19(24)16-9-20-17-4-2-1-3-15(16)17;1-20-12-6-7-13(20)9-11(8-12)19-17(21)15-10-18-16-5-3-2-4-14(15)16/h1-4,9,11-14,20H,5-8,10H2,(H,21,24);2-5,10-13,18H,6-9H2,1H3,(H,19,21)/t11?,12?,13-,14?;/m1./s1. The van der Waals surface area contributed by atoms with E-state index in [1.165, 1.54) is 12.8 Å². The van der Waals surface area contributed by atoms with Crippen molar-refractivity contribution in [2.45, 2.75) is 87.6 Å². The minimum Gasteiger partial charge on any atom is -0.360 e. The van der Waals surface area contributed by atoms with Crippen LogP contribution in [0.4, 0.5) is 0 Å². The van der Waals surface area contributed by atoms with Crippen LogP contribution in [0.25, 0.3) is 21.8 Å². The topological polar surface area (TPSA) is 113 Å². The summed E-state index contributed by atoms with van der Waals surface area (Å²) >= 11 is 0. The van der Waals surface area contributed by atoms with E-state index in [0.717, 1.165) is 71.5 Å². The van der Waals surface area contributed by atoms with Crippen LogP contribution in [0.5, 0.6) is 0 Å². The van der Waals surface area contributed by atoms with Crippen molar-refractivity contribution in [1.29, 1.82) is 0 Å². The normalized spacial score (nSPS) is 31.9. The molecule has 4 N–H and O–H groups in total. The molecule has 8 heterocycles. The summed E-state index contributed by atoms with van der Waals surface area (Å²) in [5.74, 6) is 0.758. The van der Waals surface area contributed by atoms with E-state index < -0.39 is 0 Å². The van der Waals surface area contributed by atoms with Crippen LogP contribution in [0.3, 0.4) is 0 Å². The van der Waals surface area contributed by atoms with Gasteiger partial charge in [-0.25, -0.2) is 0 Å². The highest BCUT2D eigenvalue weighted by Crippen LogP contribution is 2.41. The van der Waals surface area contributed by atoms with Gasteiger partial charge in [0.15, 0.2) is 0 Å². The van der Waals surface area contributed by atoms with Gasteiger partial charge in [-0.2, -0.15) is 0 Å². The number of nitrogens with one attached hydrogen (secondary N) is 4. The van der Waals surface area contributed by atoms with E-state index in [2.05, 4.69) is 37.4 Å². The number of amides is 2. The van der Waals surface area contributed by atoms with Gasteiger partial charge in [-0.15, -0.1) is 0 Å². The fourth-order valence-electron chi connectivity index (χ4n) is 9.06. The van der Waals surface area contributed by atoms with Gasteiger partial charge in [-0.1, -0.05) is 36.4 Å². The first-order valence-electron chi connectivity index (χ1n) is 16.7. The molecule has 6 bridgehead atoms. The third kappa shape index (κ3) is 5.25. The highest BCUT2D eigenvalue weighted by Gasteiger charge is 2.48. The number of hydrogen-bond donors (Lipinski definition) is 4. The molecule has 4 aromatic rings. The van der Waals surface area contributed by atoms with Crippen molar-refractivity contribution in [2.75, 3.05) is 13.6 Å². The second-order valence-corrected chi connectivity index (χ2v) is 13.9. The zero-order valence-electron chi connectivity index (χ0n) is 25.8. The van der Waals surface area contributed by atoms with Crippen LogP contribution in [0.2, 0.25) is 0 Å². The maximum Gasteiger partial charge on any atom is 0.253 e. The lowest BCUT2D eigenvalue weighted by Gasteiger charge is -2.54. The Kier molecular flexibility index (Phi) is 7.25. The molecule has 0 radical (unpaired) electrons. The van der Waals surface area contributed by atoms with Crippen molar-refractivity contribution < 1.29 is 14.4 Å². The summed E-state index contributed by atoms with van der Waals surface area (Å²) < 4.78 is 0. The molecule has 0 spiro atoms. The van der Waals surface area contributed by atoms with Crippen molar-refractivity contribution in [3.05, 3.63) is 72.1 Å². The number of fused-ring (bicyclic) bond motifs is 5. The van der Waals surface area contributed by atoms with E-state index in [0.29, 0.717) is 42.5 Å². The van der Waals surface area contributed by atoms with Gasteiger partial charge < -0.3 is 25.5 Å². The number of nitrogens with zero attached hydrogens (tertiary/aromatic N) is 2. The van der Waals surface area contributed by atoms with Crippen molar-refractivity contribution in [1.82, 2.24) is 30.4 Å². The van der Waals surface area contributed by atoms with Crippen LogP contribution in [-0.4, -0.2) is 87.2 Å². The minimum absolute atomic E-state index is 0.00802. The summed E-state index contributed by atoms with van der Waals surface area (Å²) in [4.78, 5) is 48.4. The van der Waals surface area contributed by atoms with E-state index in [4.69, 9.17) is 0 Å². The van der Waals surface area contributed by atoms with E-state index in [1.54, 1.807) is 6.20 Å². The number of rotatable bonds is 4. The summed E-state index contributed by atoms with van der Waals surface area (Å²) in [6.45, 7) is 0.628. The number of Topliss-reactive ketones (excluding diaryl/α,β-unsaturated/α-hetero) is 1. The Morgan fingerprint density at radius 3 is 1.64 bits per heavy atom. The summed E-state index contributed by atoms with van der Waals surface area (Å²) in [5, 5.41) is 8.47. The molecule has 0 saturated carbocycles. The van der Waals surface area contributed by atoms with Gasteiger partial charge in [0.05, 0.1) is 17.7 Å². The number of carbonyl (C=O) groups is 3. The third-order valence-corrected chi connectivity index (χ3v) is 11.4. The Labute approximate surface area is 263 Å². The number of aromatic nitrogens is 2. The molecule has 9 nitrogen and oxygen atoms in total. The van der Waals surface area contributed by atoms with E-state index in [9.17, 15) is 14.4 Å². The molecule has 6 aliphatic heterocycles. The van der Waals surface area contributed by atoms with Gasteiger partial charge in [-0.05, 0) is 70.5 Å². The molecular formula is C36H42N6O3. The lowest BCUT2D eigenvalue weighted by molar-refractivity contribution is -0.141. The molecule has 2 aromatic carbocycles. The SMILES string of the molecule is CN1C2CCC1CC(NC(=O)c1c[nH]c3ccccc13)C2.O=C(NC1CC2CC3C[C@H](C1)N2CC3=O)c1c[nH]c2ccccc12. The number of hydrogen-bond acceptors (Lipinski definition) is 5. The fraction of sp³-hybridized carbons (Fsp3) is 0.472. The van der Waals surface area contributed by atoms with Gasteiger partial charge in [0.25, 0.3) is 11.8 Å². The number of benzene rings is 2. The largest absolute Gasteiger partial charge is 0.360 e. The zero-order chi connectivity index (χ0) is 30.7. The highest BCUT2D eigenvalue weighted by atomic mass is 16.2. The van der Waals surface area contributed by atoms with Gasteiger partial charge in [-0.3, -0.25) is 19.3 Å². The van der Waals surface area contributed by atoms with Crippen LogP contribution in [0.15, 0.2) is 60.9 Å². The first kappa shape index (κ1) is 28.5. The molecule has 2 aromatic heterocycles. The van der Waals surface area contributed by atoms with Crippen LogP contribution in [-0.2, 0) is 4.79 Å². The Balaban J connectivity index is 0.000000135. The first-order valence-corrected chi connectivity index (χ1v) is 16.7. The average molecular weight is 607 g/mol. The van der Waals surface area contributed by atoms with Gasteiger partial charge in [0, 0.05) is 76.4 Å². The van der Waals surface area contributed by atoms with Crippen molar-refractivity contribution >= 4 is 39.4 Å². The van der Waals surface area contributed by atoms with Crippen LogP contribution < -0.4 is 10.6 Å². The van der Waals surface area contributed by atoms with Gasteiger partial charge in [0.1, 0.15) is 5.78 Å². The number of para-hydroxylation sites is 2. The minimum atomic E-state index is 0.00802. The predicted molar refractivity (Wildman–Crippen MR) is 174 cm³/mol. The second-order valence-electron chi connectivity index (χ2n) is 13.9. The van der Waals surface area contributed by atoms with Crippen LogP contribution in [0.1, 0.15) is 72.1 Å². The number of carbonyl (C=O) groups excluding carboxylic acids is 3. The molecule has 7 atom stereocenters. The predicted octanol–water partition coefficient (Wildman–Crippen LogP) is 4.61. The summed E-state index contributed by atoms with van der Waals surface area (Å²) in [6, 6.07) is 18.6. The summed E-state index contributed by atoms with van der Waals surface area (Å²) in [6.07, 6.45) is 12.2. The average Bonchev–Trinajstić information content (AvgIpc) is 3.71. The number of piperidine rings is 5. The smallest absolute Gasteiger partial charge is 0.253 e. The van der Waals surface area contributed by atoms with Crippen LogP contribution >= 0.6 is 0 Å². The highest BCUT2D eigenvalue weighted by molar-refractivity contribution is 6.07. The molecule has 6 fully saturated rings. The molecule has 6 saturated heterocycles. The van der Waals surface area contributed by atoms with Crippen molar-refractivity contribution in [3.63, 3.8) is 0 Å².